The molecule has 204 valence electrons. The van der Waals surface area contributed by atoms with Crippen LogP contribution < -0.4 is 14.8 Å². The number of rotatable bonds is 6. The predicted octanol–water partition coefficient (Wildman–Crippen LogP) is 5.62. The number of hydrogen-bond donors (Lipinski definition) is 1. The minimum Gasteiger partial charge on any atom is -0.456 e. The minimum absolute atomic E-state index is 0.000158. The van der Waals surface area contributed by atoms with Gasteiger partial charge in [0.2, 0.25) is 10.0 Å². The maximum Gasteiger partial charge on any atom is 0.417 e. The Labute approximate surface area is 229 Å². The highest BCUT2D eigenvalue weighted by molar-refractivity contribution is 7.89. The van der Waals surface area contributed by atoms with Crippen molar-refractivity contribution in [3.8, 4) is 28.7 Å². The van der Waals surface area contributed by atoms with Crippen LogP contribution in [-0.4, -0.2) is 45.5 Å². The van der Waals surface area contributed by atoms with Crippen LogP contribution in [0.2, 0.25) is 5.02 Å². The van der Waals surface area contributed by atoms with Crippen LogP contribution in [0.15, 0.2) is 59.5 Å². The molecular formula is C27H24ClF3N4O3S. The average Bonchev–Trinajstić information content (AvgIpc) is 3.74. The number of halogens is 4. The molecule has 3 aromatic rings. The fourth-order valence-electron chi connectivity index (χ4n) is 4.76. The molecule has 1 aliphatic heterocycles. The first kappa shape index (κ1) is 27.3. The highest BCUT2D eigenvalue weighted by Gasteiger charge is 2.34. The van der Waals surface area contributed by atoms with Crippen molar-refractivity contribution in [2.24, 2.45) is 5.14 Å². The van der Waals surface area contributed by atoms with Crippen molar-refractivity contribution < 1.29 is 26.3 Å². The van der Waals surface area contributed by atoms with E-state index >= 15 is 0 Å². The van der Waals surface area contributed by atoms with Gasteiger partial charge < -0.3 is 9.64 Å². The molecule has 0 unspecified atom stereocenters. The van der Waals surface area contributed by atoms with Gasteiger partial charge in [0.05, 0.1) is 21.0 Å². The number of hydrogen-bond acceptors (Lipinski definition) is 6. The van der Waals surface area contributed by atoms with Gasteiger partial charge in [-0.3, -0.25) is 4.90 Å². The lowest BCUT2D eigenvalue weighted by Crippen LogP contribution is -2.47. The van der Waals surface area contributed by atoms with Gasteiger partial charge in [-0.25, -0.2) is 13.6 Å². The Kier molecular flexibility index (Phi) is 7.24. The van der Waals surface area contributed by atoms with Crippen LogP contribution in [-0.2, 0) is 16.2 Å². The molecule has 3 aromatic carbocycles. The number of nitriles is 1. The number of sulfonamides is 1. The number of primary sulfonamides is 1. The number of ether oxygens (including phenoxy) is 1. The summed E-state index contributed by atoms with van der Waals surface area (Å²) in [5.74, 6) is -0.158. The van der Waals surface area contributed by atoms with E-state index in [1.807, 2.05) is 6.07 Å². The van der Waals surface area contributed by atoms with Crippen molar-refractivity contribution in [1.29, 1.82) is 5.26 Å². The van der Waals surface area contributed by atoms with Crippen LogP contribution in [0.1, 0.15) is 24.0 Å². The number of nitrogens with two attached hydrogens (primary N) is 1. The smallest absolute Gasteiger partial charge is 0.417 e. The molecule has 0 aromatic heterocycles. The molecule has 0 spiro atoms. The van der Waals surface area contributed by atoms with Gasteiger partial charge >= 0.3 is 6.18 Å². The van der Waals surface area contributed by atoms with E-state index in [0.717, 1.165) is 44.0 Å². The van der Waals surface area contributed by atoms with Crippen molar-refractivity contribution in [2.45, 2.75) is 30.0 Å². The van der Waals surface area contributed by atoms with Crippen molar-refractivity contribution >= 4 is 27.3 Å². The van der Waals surface area contributed by atoms with Crippen molar-refractivity contribution in [2.75, 3.05) is 31.1 Å². The highest BCUT2D eigenvalue weighted by Crippen LogP contribution is 2.39. The van der Waals surface area contributed by atoms with Gasteiger partial charge in [0, 0.05) is 43.5 Å². The summed E-state index contributed by atoms with van der Waals surface area (Å²) in [6.45, 7) is 3.42. The zero-order valence-electron chi connectivity index (χ0n) is 20.6. The lowest BCUT2D eigenvalue weighted by atomic mass is 10.0. The Morgan fingerprint density at radius 3 is 2.33 bits per heavy atom. The fraction of sp³-hybridized carbons (Fsp3) is 0.296. The molecule has 2 fully saturated rings. The Morgan fingerprint density at radius 2 is 1.72 bits per heavy atom. The number of benzene rings is 3. The number of nitrogens with zero attached hydrogens (tertiary/aromatic N) is 3. The van der Waals surface area contributed by atoms with E-state index < -0.39 is 26.8 Å². The van der Waals surface area contributed by atoms with Crippen LogP contribution >= 0.6 is 11.6 Å². The van der Waals surface area contributed by atoms with Gasteiger partial charge in [0.15, 0.2) is 0 Å². The van der Waals surface area contributed by atoms with Crippen LogP contribution in [0, 0.1) is 11.3 Å². The molecule has 0 atom stereocenters. The number of anilines is 1. The second-order valence-electron chi connectivity index (χ2n) is 9.54. The van der Waals surface area contributed by atoms with Crippen LogP contribution in [0.3, 0.4) is 0 Å². The molecule has 0 amide bonds. The SMILES string of the molecule is N#Cc1cc(-c2cc(N3CCN(C4CC4)CC3)ccc2S(N)(=O)=O)ccc1Oc1ccc(Cl)c(C(F)(F)F)c1. The molecule has 1 aliphatic carbocycles. The zero-order chi connectivity index (χ0) is 27.9. The predicted molar refractivity (Wildman–Crippen MR) is 141 cm³/mol. The van der Waals surface area contributed by atoms with Crippen LogP contribution in [0.5, 0.6) is 11.5 Å². The van der Waals surface area contributed by atoms with Crippen LogP contribution in [0.4, 0.5) is 18.9 Å². The molecule has 0 bridgehead atoms. The molecule has 1 heterocycles. The fourth-order valence-corrected chi connectivity index (χ4v) is 5.72. The van der Waals surface area contributed by atoms with Gasteiger partial charge in [0.1, 0.15) is 17.6 Å². The molecule has 7 nitrogen and oxygen atoms in total. The van der Waals surface area contributed by atoms with E-state index in [4.69, 9.17) is 21.5 Å². The number of alkyl halides is 3. The lowest BCUT2D eigenvalue weighted by molar-refractivity contribution is -0.137. The number of piperazine rings is 1. The third kappa shape index (κ3) is 5.99. The third-order valence-electron chi connectivity index (χ3n) is 6.89. The molecule has 1 saturated carbocycles. The standard InChI is InChI=1S/C27H24ClF3N4O3S/c28-24-6-5-21(15-23(24)27(29,30)31)38-25-7-1-17(13-18(25)16-32)22-14-20(4-8-26(22)39(33,36)37)35-11-9-34(10-12-35)19-2-3-19/h1,4-8,13-15,19H,2-3,9-12H2,(H2,33,36,37). The summed E-state index contributed by atoms with van der Waals surface area (Å²) in [5.41, 5.74) is 0.471. The van der Waals surface area contributed by atoms with E-state index in [0.29, 0.717) is 17.2 Å². The van der Waals surface area contributed by atoms with Gasteiger partial charge in [-0.05, 0) is 66.9 Å². The summed E-state index contributed by atoms with van der Waals surface area (Å²) in [7, 11) is -4.10. The molecular weight excluding hydrogens is 553 g/mol. The Balaban J connectivity index is 1.47. The molecule has 39 heavy (non-hydrogen) atoms. The van der Waals surface area contributed by atoms with Crippen molar-refractivity contribution in [3.05, 3.63) is 70.7 Å². The maximum atomic E-state index is 13.3. The first-order chi connectivity index (χ1) is 18.4. The summed E-state index contributed by atoms with van der Waals surface area (Å²) in [6.07, 6.45) is -2.22. The van der Waals surface area contributed by atoms with Gasteiger partial charge in [0.25, 0.3) is 0 Å². The highest BCUT2D eigenvalue weighted by atomic mass is 35.5. The van der Waals surface area contributed by atoms with E-state index in [1.54, 1.807) is 12.1 Å². The molecule has 2 N–H and O–H groups in total. The van der Waals surface area contributed by atoms with E-state index in [2.05, 4.69) is 9.80 Å². The minimum atomic E-state index is -4.68. The summed E-state index contributed by atoms with van der Waals surface area (Å²) in [5, 5.41) is 14.8. The van der Waals surface area contributed by atoms with E-state index in [-0.39, 0.29) is 22.0 Å². The molecule has 0 radical (unpaired) electrons. The zero-order valence-corrected chi connectivity index (χ0v) is 22.2. The van der Waals surface area contributed by atoms with E-state index in [1.165, 1.54) is 43.2 Å². The summed E-state index contributed by atoms with van der Waals surface area (Å²) < 4.78 is 70.2. The molecule has 1 saturated heterocycles. The second kappa shape index (κ2) is 10.4. The monoisotopic (exact) mass is 576 g/mol. The van der Waals surface area contributed by atoms with Crippen molar-refractivity contribution in [1.82, 2.24) is 4.90 Å². The molecule has 12 heteroatoms. The quantitative estimate of drug-likeness (QED) is 0.409. The van der Waals surface area contributed by atoms with Gasteiger partial charge in [-0.1, -0.05) is 17.7 Å². The first-order valence-corrected chi connectivity index (χ1v) is 14.1. The Hall–Kier alpha value is -3.30. The molecule has 2 aliphatic rings. The van der Waals surface area contributed by atoms with Gasteiger partial charge in [-0.2, -0.15) is 18.4 Å². The van der Waals surface area contributed by atoms with E-state index in [9.17, 15) is 26.9 Å². The normalized spacial score (nSPS) is 16.7. The summed E-state index contributed by atoms with van der Waals surface area (Å²) in [6, 6.07) is 15.0. The summed E-state index contributed by atoms with van der Waals surface area (Å²) >= 11 is 5.68. The topological polar surface area (TPSA) is 99.7 Å². The maximum absolute atomic E-state index is 13.3. The third-order valence-corrected chi connectivity index (χ3v) is 8.19. The van der Waals surface area contributed by atoms with Crippen molar-refractivity contribution in [3.63, 3.8) is 0 Å². The average molecular weight is 577 g/mol. The lowest BCUT2D eigenvalue weighted by Gasteiger charge is -2.36. The second-order valence-corrected chi connectivity index (χ2v) is 11.5. The van der Waals surface area contributed by atoms with Crippen LogP contribution in [0.25, 0.3) is 11.1 Å². The first-order valence-electron chi connectivity index (χ1n) is 12.2. The molecule has 5 rings (SSSR count). The summed E-state index contributed by atoms with van der Waals surface area (Å²) in [4.78, 5) is 4.54. The Morgan fingerprint density at radius 1 is 1.00 bits per heavy atom. The Bertz CT molecular complexity index is 1560. The van der Waals surface area contributed by atoms with Gasteiger partial charge in [-0.15, -0.1) is 0 Å². The largest absolute Gasteiger partial charge is 0.456 e.